The largest absolute Gasteiger partial charge is 0.504 e. The first-order valence-corrected chi connectivity index (χ1v) is 7.65. The minimum absolute atomic E-state index is 0.127. The topological polar surface area (TPSA) is 65.9 Å². The molecule has 0 saturated heterocycles. The molecule has 2 aromatic carbocycles. The van der Waals surface area contributed by atoms with Crippen LogP contribution in [0.5, 0.6) is 11.5 Å². The van der Waals surface area contributed by atoms with Crippen LogP contribution < -0.4 is 15.4 Å². The molecule has 0 aliphatic carbocycles. The maximum Gasteiger partial charge on any atom is 0.191 e. The van der Waals surface area contributed by atoms with Crippen LogP contribution in [0.25, 0.3) is 0 Å². The van der Waals surface area contributed by atoms with Crippen LogP contribution in [0, 0.1) is 0 Å². The maximum absolute atomic E-state index is 9.81. The van der Waals surface area contributed by atoms with Gasteiger partial charge < -0.3 is 20.5 Å². The van der Waals surface area contributed by atoms with Crippen LogP contribution in [0.2, 0.25) is 0 Å². The van der Waals surface area contributed by atoms with Crippen molar-refractivity contribution in [1.29, 1.82) is 0 Å². The number of benzene rings is 2. The smallest absolute Gasteiger partial charge is 0.191 e. The van der Waals surface area contributed by atoms with Crippen LogP contribution in [0.4, 0.5) is 0 Å². The first kappa shape index (κ1) is 16.7. The zero-order valence-electron chi connectivity index (χ0n) is 13.5. The minimum Gasteiger partial charge on any atom is -0.504 e. The summed E-state index contributed by atoms with van der Waals surface area (Å²) in [6, 6.07) is 15.5. The molecule has 2 aromatic rings. The summed E-state index contributed by atoms with van der Waals surface area (Å²) in [5.41, 5.74) is 2.11. The summed E-state index contributed by atoms with van der Waals surface area (Å²) in [6.45, 7) is 4.00. The number of hydrogen-bond acceptors (Lipinski definition) is 3. The highest BCUT2D eigenvalue weighted by Crippen LogP contribution is 2.26. The lowest BCUT2D eigenvalue weighted by Gasteiger charge is -2.11. The molecule has 0 fully saturated rings. The number of hydrogen-bond donors (Lipinski definition) is 3. The fraction of sp³-hybridized carbons (Fsp3) is 0.278. The molecule has 0 radical (unpaired) electrons. The Morgan fingerprint density at radius 1 is 1.09 bits per heavy atom. The summed E-state index contributed by atoms with van der Waals surface area (Å²) in [5.74, 6) is 1.33. The van der Waals surface area contributed by atoms with E-state index in [1.165, 1.54) is 12.7 Å². The number of aromatic hydroxyl groups is 1. The Kier molecular flexibility index (Phi) is 6.29. The van der Waals surface area contributed by atoms with Crippen LogP contribution in [0.1, 0.15) is 18.1 Å². The number of rotatable bonds is 6. The fourth-order valence-corrected chi connectivity index (χ4v) is 2.13. The number of nitrogens with zero attached hydrogens (tertiary/aromatic N) is 1. The highest BCUT2D eigenvalue weighted by Gasteiger charge is 2.03. The van der Waals surface area contributed by atoms with E-state index in [-0.39, 0.29) is 5.75 Å². The predicted octanol–water partition coefficient (Wildman–Crippen LogP) is 2.66. The molecule has 0 atom stereocenters. The highest BCUT2D eigenvalue weighted by atomic mass is 16.5. The van der Waals surface area contributed by atoms with Crippen molar-refractivity contribution in [1.82, 2.24) is 10.6 Å². The molecule has 0 bridgehead atoms. The Morgan fingerprint density at radius 3 is 2.52 bits per heavy atom. The molecule has 0 aliphatic rings. The summed E-state index contributed by atoms with van der Waals surface area (Å²) in [4.78, 5) is 4.54. The van der Waals surface area contributed by atoms with Crippen molar-refractivity contribution in [2.24, 2.45) is 4.99 Å². The molecule has 2 rings (SSSR count). The lowest BCUT2D eigenvalue weighted by Crippen LogP contribution is -2.36. The number of phenolic OH excluding ortho intramolecular Hbond substituents is 1. The third-order valence-corrected chi connectivity index (χ3v) is 3.31. The molecule has 0 aliphatic heterocycles. The van der Waals surface area contributed by atoms with Gasteiger partial charge in [-0.1, -0.05) is 36.4 Å². The molecule has 5 nitrogen and oxygen atoms in total. The summed E-state index contributed by atoms with van der Waals surface area (Å²) in [7, 11) is 1.53. The Labute approximate surface area is 137 Å². The van der Waals surface area contributed by atoms with Gasteiger partial charge in [0.1, 0.15) is 0 Å². The second-order valence-electron chi connectivity index (χ2n) is 5.04. The average Bonchev–Trinajstić information content (AvgIpc) is 2.58. The molecule has 0 unspecified atom stereocenters. The minimum atomic E-state index is 0.127. The Bertz CT molecular complexity index is 642. The van der Waals surface area contributed by atoms with E-state index in [0.29, 0.717) is 18.8 Å². The first-order valence-electron chi connectivity index (χ1n) is 7.65. The SMILES string of the molecule is CCNC(=NCc1ccc(OC)c(O)c1)NCc1ccccc1. The molecular formula is C18H23N3O2. The monoisotopic (exact) mass is 313 g/mol. The van der Waals surface area contributed by atoms with E-state index in [4.69, 9.17) is 4.74 Å². The van der Waals surface area contributed by atoms with Crippen LogP contribution in [-0.4, -0.2) is 24.7 Å². The van der Waals surface area contributed by atoms with Gasteiger partial charge in [-0.25, -0.2) is 4.99 Å². The Balaban J connectivity index is 1.99. The van der Waals surface area contributed by atoms with Crippen molar-refractivity contribution >= 4 is 5.96 Å². The quantitative estimate of drug-likeness (QED) is 0.566. The van der Waals surface area contributed by atoms with Crippen molar-refractivity contribution in [3.63, 3.8) is 0 Å². The fourth-order valence-electron chi connectivity index (χ4n) is 2.13. The van der Waals surface area contributed by atoms with E-state index in [2.05, 4.69) is 27.8 Å². The van der Waals surface area contributed by atoms with E-state index < -0.39 is 0 Å². The molecule has 0 aromatic heterocycles. The van der Waals surface area contributed by atoms with Gasteiger partial charge in [0, 0.05) is 13.1 Å². The van der Waals surface area contributed by atoms with E-state index in [9.17, 15) is 5.11 Å². The lowest BCUT2D eigenvalue weighted by molar-refractivity contribution is 0.373. The van der Waals surface area contributed by atoms with Crippen molar-refractivity contribution < 1.29 is 9.84 Å². The Morgan fingerprint density at radius 2 is 1.87 bits per heavy atom. The van der Waals surface area contributed by atoms with Gasteiger partial charge in [0.25, 0.3) is 0 Å². The summed E-state index contributed by atoms with van der Waals surface area (Å²) in [5, 5.41) is 16.3. The van der Waals surface area contributed by atoms with E-state index in [0.717, 1.165) is 18.1 Å². The van der Waals surface area contributed by atoms with Crippen LogP contribution in [0.3, 0.4) is 0 Å². The second-order valence-corrected chi connectivity index (χ2v) is 5.04. The van der Waals surface area contributed by atoms with Gasteiger partial charge in [-0.3, -0.25) is 0 Å². The zero-order valence-corrected chi connectivity index (χ0v) is 13.5. The zero-order chi connectivity index (χ0) is 16.5. The lowest BCUT2D eigenvalue weighted by atomic mass is 10.2. The second kappa shape index (κ2) is 8.68. The molecule has 3 N–H and O–H groups in total. The number of methoxy groups -OCH3 is 1. The van der Waals surface area contributed by atoms with E-state index in [1.54, 1.807) is 12.1 Å². The molecule has 5 heteroatoms. The molecule has 0 saturated carbocycles. The van der Waals surface area contributed by atoms with Crippen LogP contribution >= 0.6 is 0 Å². The standard InChI is InChI=1S/C18H23N3O2/c1-3-19-18(20-12-14-7-5-4-6-8-14)21-13-15-9-10-17(23-2)16(22)11-15/h4-11,22H,3,12-13H2,1-2H3,(H2,19,20,21). The highest BCUT2D eigenvalue weighted by molar-refractivity contribution is 5.79. The van der Waals surface area contributed by atoms with Gasteiger partial charge in [-0.2, -0.15) is 0 Å². The Hall–Kier alpha value is -2.69. The summed E-state index contributed by atoms with van der Waals surface area (Å²) < 4.78 is 5.04. The molecule has 122 valence electrons. The molecule has 0 amide bonds. The van der Waals surface area contributed by atoms with Crippen LogP contribution in [0.15, 0.2) is 53.5 Å². The summed E-state index contributed by atoms with van der Waals surface area (Å²) in [6.07, 6.45) is 0. The van der Waals surface area contributed by atoms with Gasteiger partial charge in [0.2, 0.25) is 0 Å². The van der Waals surface area contributed by atoms with Gasteiger partial charge in [0.05, 0.1) is 13.7 Å². The van der Waals surface area contributed by atoms with Gasteiger partial charge >= 0.3 is 0 Å². The summed E-state index contributed by atoms with van der Waals surface area (Å²) >= 11 is 0. The van der Waals surface area contributed by atoms with Crippen molar-refractivity contribution in [2.75, 3.05) is 13.7 Å². The van der Waals surface area contributed by atoms with Crippen molar-refractivity contribution in [3.05, 3.63) is 59.7 Å². The molecule has 0 heterocycles. The number of phenols is 1. The number of aliphatic imine (C=N–C) groups is 1. The third kappa shape index (κ3) is 5.21. The number of ether oxygens (including phenoxy) is 1. The van der Waals surface area contributed by atoms with Gasteiger partial charge in [0.15, 0.2) is 17.5 Å². The van der Waals surface area contributed by atoms with Crippen LogP contribution in [-0.2, 0) is 13.1 Å². The first-order chi connectivity index (χ1) is 11.2. The average molecular weight is 313 g/mol. The molecule has 0 spiro atoms. The number of guanidine groups is 1. The third-order valence-electron chi connectivity index (χ3n) is 3.31. The van der Waals surface area contributed by atoms with Crippen molar-refractivity contribution in [3.8, 4) is 11.5 Å². The number of nitrogens with one attached hydrogen (secondary N) is 2. The van der Waals surface area contributed by atoms with Gasteiger partial charge in [-0.15, -0.1) is 0 Å². The normalized spacial score (nSPS) is 11.1. The molecular weight excluding hydrogens is 290 g/mol. The van der Waals surface area contributed by atoms with E-state index in [1.807, 2.05) is 31.2 Å². The maximum atomic E-state index is 9.81. The van der Waals surface area contributed by atoms with Crippen molar-refractivity contribution in [2.45, 2.75) is 20.0 Å². The van der Waals surface area contributed by atoms with E-state index >= 15 is 0 Å². The van der Waals surface area contributed by atoms with Gasteiger partial charge in [-0.05, 0) is 30.2 Å². The molecule has 23 heavy (non-hydrogen) atoms. The predicted molar refractivity (Wildman–Crippen MR) is 92.8 cm³/mol.